The van der Waals surface area contributed by atoms with Crippen molar-refractivity contribution in [2.24, 2.45) is 0 Å². The van der Waals surface area contributed by atoms with Crippen LogP contribution in [0.3, 0.4) is 0 Å². The van der Waals surface area contributed by atoms with E-state index in [1.807, 2.05) is 24.3 Å². The molecule has 3 aromatic heterocycles. The first-order valence-electron chi connectivity index (χ1n) is 15.7. The first-order chi connectivity index (χ1) is 23.1. The third kappa shape index (κ3) is 5.61. The van der Waals surface area contributed by atoms with Gasteiger partial charge in [0, 0.05) is 0 Å². The van der Waals surface area contributed by atoms with E-state index in [1.54, 1.807) is 0 Å². The van der Waals surface area contributed by atoms with Crippen LogP contribution >= 0.6 is 0 Å². The standard InChI is InChI=1S/C43H30N4.Ni/c1-4-8-32-33-19-21-35(44-33)42(30-15-11-27(2)12-16-30)39-25-23-37(46-39)41(29-9-6-5-7-10-29)38-24-26-40(47-38)43(36-22-20-34(32)45-36)31-17-13-28(3)14-18-31;/h5-26H,1H2,2-3H3;/q-2;+2. The number of aryl methyl sites for hydroxylation is 2. The van der Waals surface area contributed by atoms with Gasteiger partial charge in [0.1, 0.15) is 0 Å². The Morgan fingerprint density at radius 1 is 0.500 bits per heavy atom. The molecular weight excluding hydrogens is 631 g/mol. The van der Waals surface area contributed by atoms with E-state index < -0.39 is 0 Å². The minimum absolute atomic E-state index is 0. The molecule has 8 rings (SSSR count). The topological polar surface area (TPSA) is 54.0 Å². The first-order valence-corrected chi connectivity index (χ1v) is 15.7. The molecule has 0 atom stereocenters. The van der Waals surface area contributed by atoms with E-state index in [-0.39, 0.29) is 16.5 Å². The molecule has 2 aliphatic rings. The summed E-state index contributed by atoms with van der Waals surface area (Å²) in [5.41, 5.74) is 18.9. The van der Waals surface area contributed by atoms with Crippen molar-refractivity contribution in [3.8, 4) is 33.4 Å². The van der Waals surface area contributed by atoms with Crippen molar-refractivity contribution >= 4 is 52.4 Å². The summed E-state index contributed by atoms with van der Waals surface area (Å²) in [5, 5.41) is 0. The number of hydrogen-bond donors (Lipinski definition) is 0. The molecule has 0 aliphatic carbocycles. The van der Waals surface area contributed by atoms with Crippen LogP contribution in [0.4, 0.5) is 0 Å². The molecule has 48 heavy (non-hydrogen) atoms. The molecular formula is C43H30N4Ni. The monoisotopic (exact) mass is 660 g/mol. The van der Waals surface area contributed by atoms with E-state index in [9.17, 15) is 0 Å². The van der Waals surface area contributed by atoms with Gasteiger partial charge in [-0.2, -0.15) is 0 Å². The average Bonchev–Trinajstić information content (AvgIpc) is 3.92. The molecule has 2 aliphatic heterocycles. The largest absolute Gasteiger partial charge is 2.00 e. The zero-order valence-corrected chi connectivity index (χ0v) is 27.5. The maximum absolute atomic E-state index is 5.29. The van der Waals surface area contributed by atoms with E-state index in [4.69, 9.17) is 19.9 Å². The second-order valence-corrected chi connectivity index (χ2v) is 11.8. The third-order valence-corrected chi connectivity index (χ3v) is 8.64. The first kappa shape index (κ1) is 30.9. The number of benzene rings is 3. The van der Waals surface area contributed by atoms with E-state index in [1.165, 1.54) is 11.1 Å². The van der Waals surface area contributed by atoms with Gasteiger partial charge in [0.05, 0.1) is 22.8 Å². The average molecular weight is 661 g/mol. The fourth-order valence-corrected chi connectivity index (χ4v) is 6.29. The van der Waals surface area contributed by atoms with Gasteiger partial charge in [-0.3, -0.25) is 0 Å². The Labute approximate surface area is 289 Å². The second-order valence-electron chi connectivity index (χ2n) is 11.8. The number of aromatic nitrogens is 4. The molecule has 0 N–H and O–H groups in total. The Balaban J connectivity index is 0.00000364. The summed E-state index contributed by atoms with van der Waals surface area (Å²) < 4.78 is 0. The van der Waals surface area contributed by atoms with Crippen molar-refractivity contribution in [1.29, 1.82) is 0 Å². The molecule has 5 heteroatoms. The number of rotatable bonds is 4. The molecule has 0 spiro atoms. The van der Waals surface area contributed by atoms with Gasteiger partial charge in [0.25, 0.3) is 0 Å². The fraction of sp³-hybridized carbons (Fsp3) is 0.0465. The van der Waals surface area contributed by atoms with E-state index >= 15 is 0 Å². The van der Waals surface area contributed by atoms with Gasteiger partial charge in [-0.15, -0.1) is 27.8 Å². The second kappa shape index (κ2) is 12.8. The van der Waals surface area contributed by atoms with Crippen LogP contribution in [0.2, 0.25) is 0 Å². The summed E-state index contributed by atoms with van der Waals surface area (Å²) >= 11 is 0. The van der Waals surface area contributed by atoms with Crippen LogP contribution in [0, 0.1) is 13.8 Å². The summed E-state index contributed by atoms with van der Waals surface area (Å²) in [6.07, 6.45) is 10.1. The summed E-state index contributed by atoms with van der Waals surface area (Å²) in [7, 11) is 0. The molecule has 0 unspecified atom stereocenters. The molecule has 5 heterocycles. The molecule has 0 amide bonds. The smallest absolute Gasteiger partial charge is 0.657 e. The Kier molecular flexibility index (Phi) is 8.25. The molecule has 0 saturated heterocycles. The molecule has 232 valence electrons. The molecule has 0 saturated carbocycles. The Hall–Kier alpha value is -5.73. The maximum atomic E-state index is 5.29. The van der Waals surface area contributed by atoms with Crippen LogP contribution in [-0.4, -0.2) is 9.97 Å². The molecule has 8 bridgehead atoms. The van der Waals surface area contributed by atoms with Gasteiger partial charge in [0.2, 0.25) is 0 Å². The summed E-state index contributed by atoms with van der Waals surface area (Å²) in [4.78, 5) is 20.9. The predicted octanol–water partition coefficient (Wildman–Crippen LogP) is 10.3. The van der Waals surface area contributed by atoms with Crippen LogP contribution in [0.25, 0.3) is 85.8 Å². The van der Waals surface area contributed by atoms with Gasteiger partial charge < -0.3 is 9.97 Å². The van der Waals surface area contributed by atoms with Crippen LogP contribution in [-0.2, 0) is 16.5 Å². The summed E-state index contributed by atoms with van der Waals surface area (Å²) in [6, 6.07) is 35.7. The van der Waals surface area contributed by atoms with Crippen LogP contribution in [0.1, 0.15) is 39.5 Å². The van der Waals surface area contributed by atoms with E-state index in [2.05, 4.69) is 135 Å². The predicted molar refractivity (Wildman–Crippen MR) is 196 cm³/mol. The third-order valence-electron chi connectivity index (χ3n) is 8.64. The number of hydrogen-bond acceptors (Lipinski definition) is 2. The van der Waals surface area contributed by atoms with Crippen molar-refractivity contribution in [2.45, 2.75) is 13.8 Å². The van der Waals surface area contributed by atoms with Gasteiger partial charge >= 0.3 is 16.5 Å². The minimum Gasteiger partial charge on any atom is -0.657 e. The zero-order valence-electron chi connectivity index (χ0n) is 26.5. The quantitative estimate of drug-likeness (QED) is 0.139. The normalized spacial score (nSPS) is 11.6. The van der Waals surface area contributed by atoms with Crippen LogP contribution in [0.5, 0.6) is 0 Å². The number of fused-ring (bicyclic) bond motifs is 8. The van der Waals surface area contributed by atoms with Crippen molar-refractivity contribution in [2.75, 3.05) is 0 Å². The van der Waals surface area contributed by atoms with Crippen LogP contribution in [0.15, 0.2) is 115 Å². The number of nitrogens with zero attached hydrogens (tertiary/aromatic N) is 4. The molecule has 4 nitrogen and oxygen atoms in total. The van der Waals surface area contributed by atoms with Crippen molar-refractivity contribution in [3.05, 3.63) is 155 Å². The Morgan fingerprint density at radius 2 is 0.896 bits per heavy atom. The summed E-state index contributed by atoms with van der Waals surface area (Å²) in [6.45, 7) is 8.08. The van der Waals surface area contributed by atoms with E-state index in [0.717, 1.165) is 83.8 Å². The van der Waals surface area contributed by atoms with Gasteiger partial charge in [0.15, 0.2) is 0 Å². The zero-order chi connectivity index (χ0) is 31.9. The molecule has 6 aromatic rings. The Bertz CT molecular complexity index is 2410. The molecule has 0 fully saturated rings. The van der Waals surface area contributed by atoms with Gasteiger partial charge in [-0.05, 0) is 83.2 Å². The van der Waals surface area contributed by atoms with Crippen molar-refractivity contribution in [1.82, 2.24) is 19.9 Å². The SMILES string of the molecule is C=C=Cc1c2nc(c(-c3ccc(C)cc3)c3ccc([n-]3)c(-c3ccccc3)c3nc(c(-c4ccc(C)cc4)c4ccc1[n-]4)C=C3)C=C2.[Ni+2]. The molecule has 3 aromatic carbocycles. The minimum atomic E-state index is 0. The van der Waals surface area contributed by atoms with Gasteiger partial charge in [-0.1, -0.05) is 121 Å². The van der Waals surface area contributed by atoms with Crippen molar-refractivity contribution in [3.63, 3.8) is 0 Å². The van der Waals surface area contributed by atoms with Gasteiger partial charge in [-0.25, -0.2) is 9.97 Å². The van der Waals surface area contributed by atoms with Crippen molar-refractivity contribution < 1.29 is 16.5 Å². The van der Waals surface area contributed by atoms with E-state index in [0.29, 0.717) is 0 Å². The Morgan fingerprint density at radius 3 is 1.38 bits per heavy atom. The van der Waals surface area contributed by atoms with Crippen LogP contribution < -0.4 is 9.97 Å². The summed E-state index contributed by atoms with van der Waals surface area (Å²) in [5.74, 6) is 0. The molecule has 0 radical (unpaired) electrons. The maximum Gasteiger partial charge on any atom is 2.00 e. The fourth-order valence-electron chi connectivity index (χ4n) is 6.29.